The van der Waals surface area contributed by atoms with Gasteiger partial charge >= 0.3 is 0 Å². The van der Waals surface area contributed by atoms with Gasteiger partial charge in [-0.15, -0.1) is 0 Å². The predicted octanol–water partition coefficient (Wildman–Crippen LogP) is 4.65. The summed E-state index contributed by atoms with van der Waals surface area (Å²) in [5, 5.41) is 3.61. The molecule has 23 heavy (non-hydrogen) atoms. The summed E-state index contributed by atoms with van der Waals surface area (Å²) < 4.78 is 13.6. The van der Waals surface area contributed by atoms with E-state index in [9.17, 15) is 9.18 Å². The van der Waals surface area contributed by atoms with Crippen molar-refractivity contribution in [1.82, 2.24) is 10.3 Å². The Morgan fingerprint density at radius 2 is 2.04 bits per heavy atom. The molecule has 1 aromatic heterocycles. The Labute approximate surface area is 144 Å². The van der Waals surface area contributed by atoms with E-state index < -0.39 is 5.95 Å². The van der Waals surface area contributed by atoms with Crippen LogP contribution in [0.15, 0.2) is 30.5 Å². The maximum Gasteiger partial charge on any atom is 0.227 e. The Hall–Kier alpha value is -1.65. The van der Waals surface area contributed by atoms with Crippen molar-refractivity contribution in [3.05, 3.63) is 63.1 Å². The third-order valence-electron chi connectivity index (χ3n) is 3.57. The molecule has 1 amide bonds. The molecule has 0 saturated carbocycles. The fourth-order valence-electron chi connectivity index (χ4n) is 2.34. The van der Waals surface area contributed by atoms with Crippen molar-refractivity contribution in [2.75, 3.05) is 0 Å². The Morgan fingerprint density at radius 1 is 1.30 bits per heavy atom. The minimum Gasteiger partial charge on any atom is -0.351 e. The average molecular weight is 355 g/mol. The molecule has 0 radical (unpaired) electrons. The number of aromatic nitrogens is 1. The monoisotopic (exact) mass is 354 g/mol. The van der Waals surface area contributed by atoms with Gasteiger partial charge in [0.2, 0.25) is 11.9 Å². The molecular formula is C17H17Cl2FN2O. The quantitative estimate of drug-likeness (QED) is 0.794. The van der Waals surface area contributed by atoms with Gasteiger partial charge in [0, 0.05) is 18.3 Å². The number of halogens is 3. The zero-order valence-electron chi connectivity index (χ0n) is 12.9. The second-order valence-electron chi connectivity index (χ2n) is 5.31. The fourth-order valence-corrected chi connectivity index (χ4v) is 2.65. The Morgan fingerprint density at radius 3 is 2.70 bits per heavy atom. The molecule has 3 nitrogen and oxygen atoms in total. The zero-order chi connectivity index (χ0) is 17.0. The van der Waals surface area contributed by atoms with Crippen LogP contribution >= 0.6 is 23.2 Å². The molecule has 1 heterocycles. The van der Waals surface area contributed by atoms with E-state index in [0.29, 0.717) is 22.0 Å². The topological polar surface area (TPSA) is 42.0 Å². The average Bonchev–Trinajstić information content (AvgIpc) is 2.52. The van der Waals surface area contributed by atoms with Crippen LogP contribution in [0.1, 0.15) is 36.0 Å². The van der Waals surface area contributed by atoms with E-state index >= 15 is 0 Å². The highest BCUT2D eigenvalue weighted by Gasteiger charge is 2.19. The summed E-state index contributed by atoms with van der Waals surface area (Å²) in [6.07, 6.45) is 2.05. The van der Waals surface area contributed by atoms with Gasteiger partial charge in [-0.05, 0) is 42.7 Å². The fraction of sp³-hybridized carbons (Fsp3) is 0.294. The van der Waals surface area contributed by atoms with E-state index in [1.165, 1.54) is 6.20 Å². The van der Waals surface area contributed by atoms with Crippen LogP contribution in [0.4, 0.5) is 4.39 Å². The Kier molecular flexibility index (Phi) is 5.97. The van der Waals surface area contributed by atoms with Crippen molar-refractivity contribution < 1.29 is 9.18 Å². The molecule has 0 aliphatic carbocycles. The molecule has 2 aromatic rings. The standard InChI is InChI=1S/C17H17Cl2FN2O/c1-3-13(11-4-5-14(18)15(19)7-11)17(23)22-9-12-6-10(2)8-21-16(12)20/h4-8,13H,3,9H2,1-2H3,(H,22,23)/t13-/m1/s1. The number of benzene rings is 1. The van der Waals surface area contributed by atoms with Gasteiger partial charge in [-0.25, -0.2) is 4.98 Å². The van der Waals surface area contributed by atoms with E-state index in [4.69, 9.17) is 23.2 Å². The van der Waals surface area contributed by atoms with Crippen molar-refractivity contribution in [3.8, 4) is 0 Å². The number of pyridine rings is 1. The number of nitrogens with zero attached hydrogens (tertiary/aromatic N) is 1. The highest BCUT2D eigenvalue weighted by Crippen LogP contribution is 2.28. The lowest BCUT2D eigenvalue weighted by atomic mass is 9.95. The van der Waals surface area contributed by atoms with E-state index in [-0.39, 0.29) is 18.4 Å². The number of rotatable bonds is 5. The van der Waals surface area contributed by atoms with Crippen molar-refractivity contribution in [2.45, 2.75) is 32.7 Å². The summed E-state index contributed by atoms with van der Waals surface area (Å²) in [5.74, 6) is -1.13. The molecule has 0 aliphatic rings. The van der Waals surface area contributed by atoms with Gasteiger partial charge in [-0.2, -0.15) is 4.39 Å². The van der Waals surface area contributed by atoms with Crippen LogP contribution in [0.5, 0.6) is 0 Å². The first-order valence-electron chi connectivity index (χ1n) is 7.26. The molecule has 6 heteroatoms. The molecule has 1 N–H and O–H groups in total. The molecule has 0 fully saturated rings. The number of carbonyl (C=O) groups excluding carboxylic acids is 1. The lowest BCUT2D eigenvalue weighted by molar-refractivity contribution is -0.122. The van der Waals surface area contributed by atoms with Crippen molar-refractivity contribution >= 4 is 29.1 Å². The predicted molar refractivity (Wildman–Crippen MR) is 90.3 cm³/mol. The van der Waals surface area contributed by atoms with Crippen LogP contribution in [0.2, 0.25) is 10.0 Å². The number of carbonyl (C=O) groups is 1. The summed E-state index contributed by atoms with van der Waals surface area (Å²) >= 11 is 11.9. The molecule has 0 saturated heterocycles. The molecule has 122 valence electrons. The molecule has 1 aromatic carbocycles. The van der Waals surface area contributed by atoms with Crippen LogP contribution in [-0.2, 0) is 11.3 Å². The summed E-state index contributed by atoms with van der Waals surface area (Å²) in [7, 11) is 0. The highest BCUT2D eigenvalue weighted by molar-refractivity contribution is 6.42. The van der Waals surface area contributed by atoms with Gasteiger partial charge in [-0.3, -0.25) is 4.79 Å². The summed E-state index contributed by atoms with van der Waals surface area (Å²) in [5.41, 5.74) is 1.98. The molecule has 0 unspecified atom stereocenters. The first-order valence-corrected chi connectivity index (χ1v) is 8.01. The Bertz CT molecular complexity index is 722. The van der Waals surface area contributed by atoms with Crippen LogP contribution in [-0.4, -0.2) is 10.9 Å². The number of hydrogen-bond donors (Lipinski definition) is 1. The summed E-state index contributed by atoms with van der Waals surface area (Å²) in [4.78, 5) is 16.1. The lowest BCUT2D eigenvalue weighted by Gasteiger charge is -2.16. The first-order chi connectivity index (χ1) is 10.9. The van der Waals surface area contributed by atoms with E-state index in [0.717, 1.165) is 11.1 Å². The second kappa shape index (κ2) is 7.75. The Balaban J connectivity index is 2.11. The van der Waals surface area contributed by atoms with Crippen LogP contribution in [0, 0.1) is 12.9 Å². The van der Waals surface area contributed by atoms with Gasteiger partial charge in [0.1, 0.15) is 0 Å². The van der Waals surface area contributed by atoms with Crippen molar-refractivity contribution in [3.63, 3.8) is 0 Å². The third kappa shape index (κ3) is 4.43. The number of amides is 1. The first kappa shape index (κ1) is 17.7. The minimum atomic E-state index is -0.571. The normalized spacial score (nSPS) is 12.0. The number of hydrogen-bond acceptors (Lipinski definition) is 2. The largest absolute Gasteiger partial charge is 0.351 e. The summed E-state index contributed by atoms with van der Waals surface area (Å²) in [6, 6.07) is 6.80. The molecule has 1 atom stereocenters. The number of aryl methyl sites for hydroxylation is 1. The van der Waals surface area contributed by atoms with Crippen LogP contribution in [0.25, 0.3) is 0 Å². The SMILES string of the molecule is CC[C@@H](C(=O)NCc1cc(C)cnc1F)c1ccc(Cl)c(Cl)c1. The van der Waals surface area contributed by atoms with Gasteiger partial charge in [-0.1, -0.05) is 36.2 Å². The summed E-state index contributed by atoms with van der Waals surface area (Å²) in [6.45, 7) is 3.82. The number of nitrogens with one attached hydrogen (secondary N) is 1. The van der Waals surface area contributed by atoms with Crippen LogP contribution < -0.4 is 5.32 Å². The lowest BCUT2D eigenvalue weighted by Crippen LogP contribution is -2.29. The van der Waals surface area contributed by atoms with Gasteiger partial charge < -0.3 is 5.32 Å². The highest BCUT2D eigenvalue weighted by atomic mass is 35.5. The van der Waals surface area contributed by atoms with Crippen molar-refractivity contribution in [2.24, 2.45) is 0 Å². The van der Waals surface area contributed by atoms with Gasteiger partial charge in [0.05, 0.1) is 16.0 Å². The maximum atomic E-state index is 13.6. The minimum absolute atomic E-state index is 0.0944. The van der Waals surface area contributed by atoms with Crippen molar-refractivity contribution in [1.29, 1.82) is 0 Å². The third-order valence-corrected chi connectivity index (χ3v) is 4.31. The van der Waals surface area contributed by atoms with E-state index in [2.05, 4.69) is 10.3 Å². The van der Waals surface area contributed by atoms with E-state index in [1.54, 1.807) is 24.3 Å². The molecule has 0 aliphatic heterocycles. The zero-order valence-corrected chi connectivity index (χ0v) is 14.4. The molecular weight excluding hydrogens is 338 g/mol. The second-order valence-corrected chi connectivity index (χ2v) is 6.13. The molecule has 0 spiro atoms. The van der Waals surface area contributed by atoms with Crippen LogP contribution in [0.3, 0.4) is 0 Å². The van der Waals surface area contributed by atoms with E-state index in [1.807, 2.05) is 13.8 Å². The maximum absolute atomic E-state index is 13.6. The van der Waals surface area contributed by atoms with Gasteiger partial charge in [0.15, 0.2) is 0 Å². The van der Waals surface area contributed by atoms with Gasteiger partial charge in [0.25, 0.3) is 0 Å². The molecule has 0 bridgehead atoms. The smallest absolute Gasteiger partial charge is 0.227 e. The molecule has 2 rings (SSSR count).